The van der Waals surface area contributed by atoms with Crippen molar-refractivity contribution in [3.63, 3.8) is 0 Å². The summed E-state index contributed by atoms with van der Waals surface area (Å²) in [5.41, 5.74) is -0.829. The minimum atomic E-state index is -4.48. The molecular weight excluding hydrogens is 353 g/mol. The number of hydrogen-bond donors (Lipinski definition) is 1. The van der Waals surface area contributed by atoms with Gasteiger partial charge in [0.25, 0.3) is 5.91 Å². The Bertz CT molecular complexity index is 756. The average Bonchev–Trinajstić information content (AvgIpc) is 3.29. The molecule has 1 N–H and O–H groups in total. The van der Waals surface area contributed by atoms with Gasteiger partial charge in [-0.1, -0.05) is 12.1 Å². The zero-order valence-electron chi connectivity index (χ0n) is 13.5. The fourth-order valence-electron chi connectivity index (χ4n) is 2.29. The summed E-state index contributed by atoms with van der Waals surface area (Å²) in [6, 6.07) is 4.57. The molecule has 1 amide bonds. The Morgan fingerprint density at radius 2 is 2.12 bits per heavy atom. The molecule has 3 rings (SSSR count). The molecule has 8 heteroatoms. The molecule has 1 aliphatic carbocycles. The Morgan fingerprint density at radius 3 is 2.80 bits per heavy atom. The highest BCUT2D eigenvalue weighted by Gasteiger charge is 2.34. The summed E-state index contributed by atoms with van der Waals surface area (Å²) < 4.78 is 44.0. The molecule has 4 nitrogen and oxygen atoms in total. The zero-order chi connectivity index (χ0) is 18.0. The number of amides is 1. The molecule has 1 aromatic carbocycles. The lowest BCUT2D eigenvalue weighted by molar-refractivity contribution is -0.139. The smallest absolute Gasteiger partial charge is 0.419 e. The number of thiazole rings is 1. The van der Waals surface area contributed by atoms with Crippen LogP contribution < -0.4 is 10.1 Å². The normalized spacial score (nSPS) is 15.7. The molecule has 25 heavy (non-hydrogen) atoms. The largest absolute Gasteiger partial charge is 0.491 e. The van der Waals surface area contributed by atoms with E-state index in [1.807, 2.05) is 0 Å². The van der Waals surface area contributed by atoms with Crippen molar-refractivity contribution in [1.29, 1.82) is 0 Å². The second-order valence-corrected chi connectivity index (χ2v) is 7.08. The van der Waals surface area contributed by atoms with E-state index in [0.29, 0.717) is 10.8 Å². The number of carbonyl (C=O) groups is 1. The Morgan fingerprint density at radius 1 is 1.40 bits per heavy atom. The molecule has 1 saturated carbocycles. The minimum Gasteiger partial charge on any atom is -0.491 e. The van der Waals surface area contributed by atoms with Crippen molar-refractivity contribution in [3.05, 3.63) is 45.9 Å². The molecule has 1 fully saturated rings. The number of halogens is 3. The second kappa shape index (κ2) is 7.03. The molecule has 134 valence electrons. The molecular formula is C17H17F3N2O2S. The van der Waals surface area contributed by atoms with Gasteiger partial charge in [-0.05, 0) is 31.9 Å². The monoisotopic (exact) mass is 370 g/mol. The van der Waals surface area contributed by atoms with Gasteiger partial charge in [-0.15, -0.1) is 11.3 Å². The molecule has 1 aliphatic rings. The number of ether oxygens (including phenoxy) is 1. The summed E-state index contributed by atoms with van der Waals surface area (Å²) in [7, 11) is 0. The lowest BCUT2D eigenvalue weighted by Gasteiger charge is -2.17. The molecule has 0 aliphatic heterocycles. The van der Waals surface area contributed by atoms with E-state index in [-0.39, 0.29) is 18.3 Å². The molecule has 1 aromatic heterocycles. The van der Waals surface area contributed by atoms with Gasteiger partial charge in [-0.3, -0.25) is 4.79 Å². The third-order valence-corrected chi connectivity index (χ3v) is 4.89. The first-order chi connectivity index (χ1) is 11.8. The average molecular weight is 370 g/mol. The van der Waals surface area contributed by atoms with Crippen LogP contribution in [0.2, 0.25) is 0 Å². The van der Waals surface area contributed by atoms with Gasteiger partial charge < -0.3 is 10.1 Å². The highest BCUT2D eigenvalue weighted by atomic mass is 32.1. The van der Waals surface area contributed by atoms with Gasteiger partial charge in [0.05, 0.1) is 22.8 Å². The van der Waals surface area contributed by atoms with E-state index in [1.54, 1.807) is 13.1 Å². The van der Waals surface area contributed by atoms with Crippen molar-refractivity contribution >= 4 is 17.2 Å². The summed E-state index contributed by atoms with van der Waals surface area (Å²) in [6.45, 7) is 1.62. The topological polar surface area (TPSA) is 51.2 Å². The lowest BCUT2D eigenvalue weighted by atomic mass is 10.2. The third-order valence-electron chi connectivity index (χ3n) is 3.73. The number of alkyl halides is 3. The van der Waals surface area contributed by atoms with Crippen LogP contribution in [0.3, 0.4) is 0 Å². The number of nitrogens with zero attached hydrogens (tertiary/aromatic N) is 1. The van der Waals surface area contributed by atoms with Gasteiger partial charge in [0.1, 0.15) is 17.2 Å². The number of carbonyl (C=O) groups excluding carboxylic acids is 1. The Labute approximate surface area is 147 Å². The van der Waals surface area contributed by atoms with Crippen LogP contribution in [-0.2, 0) is 6.18 Å². The number of para-hydroxylation sites is 1. The number of rotatable bonds is 6. The SMILES string of the molecule is CC(COc1ccccc1C(F)(F)F)NC(=O)c1cnc(C2CC2)s1. The molecule has 1 atom stereocenters. The standard InChI is InChI=1S/C17H17F3N2O2S/c1-10(9-24-13-5-3-2-4-12(13)17(18,19)20)22-15(23)14-8-21-16(25-14)11-6-7-11/h2-5,8,10-11H,6-7,9H2,1H3,(H,22,23). The molecule has 0 saturated heterocycles. The van der Waals surface area contributed by atoms with Crippen LogP contribution in [0.25, 0.3) is 0 Å². The number of aromatic nitrogens is 1. The first kappa shape index (κ1) is 17.7. The first-order valence-electron chi connectivity index (χ1n) is 7.90. The quantitative estimate of drug-likeness (QED) is 0.828. The maximum absolute atomic E-state index is 12.9. The van der Waals surface area contributed by atoms with E-state index >= 15 is 0 Å². The summed E-state index contributed by atoms with van der Waals surface area (Å²) in [6.07, 6.45) is -0.722. The van der Waals surface area contributed by atoms with Gasteiger partial charge in [-0.2, -0.15) is 13.2 Å². The number of benzene rings is 1. The van der Waals surface area contributed by atoms with Crippen molar-refractivity contribution < 1.29 is 22.7 Å². The molecule has 1 unspecified atom stereocenters. The van der Waals surface area contributed by atoms with Gasteiger partial charge in [0.15, 0.2) is 0 Å². The summed E-state index contributed by atoms with van der Waals surface area (Å²) in [4.78, 5) is 16.9. The molecule has 0 spiro atoms. The Hall–Kier alpha value is -2.09. The van der Waals surface area contributed by atoms with Crippen LogP contribution in [0.1, 0.15) is 45.9 Å². The predicted octanol–water partition coefficient (Wildman–Crippen LogP) is 4.24. The van der Waals surface area contributed by atoms with Crippen molar-refractivity contribution in [1.82, 2.24) is 10.3 Å². The van der Waals surface area contributed by atoms with E-state index < -0.39 is 17.8 Å². The number of hydrogen-bond acceptors (Lipinski definition) is 4. The first-order valence-corrected chi connectivity index (χ1v) is 8.72. The molecule has 0 bridgehead atoms. The molecule has 1 heterocycles. The third kappa shape index (κ3) is 4.50. The summed E-state index contributed by atoms with van der Waals surface area (Å²) >= 11 is 1.36. The van der Waals surface area contributed by atoms with Crippen LogP contribution in [0.5, 0.6) is 5.75 Å². The van der Waals surface area contributed by atoms with Gasteiger partial charge in [0.2, 0.25) is 0 Å². The van der Waals surface area contributed by atoms with Crippen molar-refractivity contribution in [2.24, 2.45) is 0 Å². The maximum atomic E-state index is 12.9. The number of nitrogens with one attached hydrogen (secondary N) is 1. The molecule has 0 radical (unpaired) electrons. The summed E-state index contributed by atoms with van der Waals surface area (Å²) in [5.74, 6) is -0.0549. The van der Waals surface area contributed by atoms with Crippen LogP contribution in [0.15, 0.2) is 30.5 Å². The Balaban J connectivity index is 1.56. The van der Waals surface area contributed by atoms with E-state index in [0.717, 1.165) is 23.9 Å². The van der Waals surface area contributed by atoms with Crippen LogP contribution in [0.4, 0.5) is 13.2 Å². The fraction of sp³-hybridized carbons (Fsp3) is 0.412. The van der Waals surface area contributed by atoms with Gasteiger partial charge in [-0.25, -0.2) is 4.98 Å². The van der Waals surface area contributed by atoms with E-state index in [4.69, 9.17) is 4.74 Å². The van der Waals surface area contributed by atoms with Crippen LogP contribution in [-0.4, -0.2) is 23.5 Å². The minimum absolute atomic E-state index is 0.0624. The van der Waals surface area contributed by atoms with E-state index in [1.165, 1.54) is 29.5 Å². The second-order valence-electron chi connectivity index (χ2n) is 6.02. The highest BCUT2D eigenvalue weighted by Crippen LogP contribution is 2.41. The highest BCUT2D eigenvalue weighted by molar-refractivity contribution is 7.13. The van der Waals surface area contributed by atoms with E-state index in [2.05, 4.69) is 10.3 Å². The molecule has 2 aromatic rings. The maximum Gasteiger partial charge on any atom is 0.419 e. The van der Waals surface area contributed by atoms with Crippen LogP contribution >= 0.6 is 11.3 Å². The van der Waals surface area contributed by atoms with Gasteiger partial charge >= 0.3 is 6.18 Å². The van der Waals surface area contributed by atoms with E-state index in [9.17, 15) is 18.0 Å². The van der Waals surface area contributed by atoms with Gasteiger partial charge in [0, 0.05) is 5.92 Å². The zero-order valence-corrected chi connectivity index (χ0v) is 14.3. The van der Waals surface area contributed by atoms with Crippen LogP contribution in [0, 0.1) is 0 Å². The summed E-state index contributed by atoms with van der Waals surface area (Å²) in [5, 5.41) is 3.69. The van der Waals surface area contributed by atoms with Crippen molar-refractivity contribution in [2.75, 3.05) is 6.61 Å². The predicted molar refractivity (Wildman–Crippen MR) is 88.0 cm³/mol. The lowest BCUT2D eigenvalue weighted by Crippen LogP contribution is -2.36. The Kier molecular flexibility index (Phi) is 4.99. The fourth-order valence-corrected chi connectivity index (χ4v) is 3.28. The van der Waals surface area contributed by atoms with Crippen molar-refractivity contribution in [2.45, 2.75) is 37.9 Å². The van der Waals surface area contributed by atoms with Crippen molar-refractivity contribution in [3.8, 4) is 5.75 Å².